The molecule has 1 saturated heterocycles. The van der Waals surface area contributed by atoms with Crippen LogP contribution in [-0.2, 0) is 4.79 Å². The van der Waals surface area contributed by atoms with Gasteiger partial charge in [0.15, 0.2) is 0 Å². The fourth-order valence-electron chi connectivity index (χ4n) is 1.48. The first kappa shape index (κ1) is 10.6. The second-order valence-corrected chi connectivity index (χ2v) is 5.22. The third kappa shape index (κ3) is 2.50. The second-order valence-electron chi connectivity index (χ2n) is 3.74. The fourth-order valence-corrected chi connectivity index (χ4v) is 2.78. The molecule has 1 atom stereocenters. The molecular weight excluding hydrogens is 184 g/mol. The van der Waals surface area contributed by atoms with Crippen LogP contribution in [0.1, 0.15) is 33.1 Å². The Morgan fingerprint density at radius 2 is 2.31 bits per heavy atom. The molecule has 0 amide bonds. The standard InChI is InChI=1S/C10H16O2S/c1-8(2)4-6-10(9(11)12)5-3-7-13-10/h4H,3,5-7H2,1-2H3,(H,11,12). The van der Waals surface area contributed by atoms with Gasteiger partial charge < -0.3 is 5.11 Å². The molecule has 0 aromatic heterocycles. The fraction of sp³-hybridized carbons (Fsp3) is 0.700. The second kappa shape index (κ2) is 4.18. The van der Waals surface area contributed by atoms with Gasteiger partial charge in [0.25, 0.3) is 0 Å². The van der Waals surface area contributed by atoms with E-state index in [4.69, 9.17) is 5.11 Å². The SMILES string of the molecule is CC(C)=CCC1(C(=O)O)CCCS1. The minimum Gasteiger partial charge on any atom is -0.480 e. The van der Waals surface area contributed by atoms with Crippen LogP contribution in [0.15, 0.2) is 11.6 Å². The van der Waals surface area contributed by atoms with Gasteiger partial charge in [-0.1, -0.05) is 11.6 Å². The first-order chi connectivity index (χ1) is 6.07. The first-order valence-electron chi connectivity index (χ1n) is 4.57. The van der Waals surface area contributed by atoms with Crippen LogP contribution >= 0.6 is 11.8 Å². The van der Waals surface area contributed by atoms with Crippen LogP contribution in [0.3, 0.4) is 0 Å². The van der Waals surface area contributed by atoms with Crippen molar-refractivity contribution in [3.05, 3.63) is 11.6 Å². The summed E-state index contributed by atoms with van der Waals surface area (Å²) in [5.41, 5.74) is 1.20. The minimum absolute atomic E-state index is 0.517. The summed E-state index contributed by atoms with van der Waals surface area (Å²) in [4.78, 5) is 11.1. The summed E-state index contributed by atoms with van der Waals surface area (Å²) in [6, 6.07) is 0. The van der Waals surface area contributed by atoms with Gasteiger partial charge in [0, 0.05) is 0 Å². The summed E-state index contributed by atoms with van der Waals surface area (Å²) in [6.07, 6.45) is 4.56. The molecule has 0 bridgehead atoms. The maximum Gasteiger partial charge on any atom is 0.320 e. The highest BCUT2D eigenvalue weighted by atomic mass is 32.2. The van der Waals surface area contributed by atoms with Gasteiger partial charge in [0.05, 0.1) is 0 Å². The Kier molecular flexibility index (Phi) is 3.42. The van der Waals surface area contributed by atoms with Crippen molar-refractivity contribution in [2.24, 2.45) is 0 Å². The Labute approximate surface area is 83.4 Å². The van der Waals surface area contributed by atoms with Crippen LogP contribution in [-0.4, -0.2) is 21.6 Å². The predicted octanol–water partition coefficient (Wildman–Crippen LogP) is 2.69. The monoisotopic (exact) mass is 200 g/mol. The van der Waals surface area contributed by atoms with Gasteiger partial charge in [-0.05, 0) is 38.9 Å². The largest absolute Gasteiger partial charge is 0.480 e. The quantitative estimate of drug-likeness (QED) is 0.712. The lowest BCUT2D eigenvalue weighted by Crippen LogP contribution is -2.31. The molecule has 0 radical (unpaired) electrons. The number of rotatable bonds is 3. The molecule has 1 rings (SSSR count). The van der Waals surface area contributed by atoms with Gasteiger partial charge >= 0.3 is 5.97 Å². The molecule has 0 aliphatic carbocycles. The summed E-state index contributed by atoms with van der Waals surface area (Å²) in [5.74, 6) is 0.343. The molecule has 2 nitrogen and oxygen atoms in total. The van der Waals surface area contributed by atoms with Crippen LogP contribution < -0.4 is 0 Å². The summed E-state index contributed by atoms with van der Waals surface area (Å²) < 4.78 is -0.517. The van der Waals surface area contributed by atoms with E-state index in [0.717, 1.165) is 18.6 Å². The number of carboxylic acids is 1. The third-order valence-electron chi connectivity index (χ3n) is 2.33. The Hall–Kier alpha value is -0.440. The Bertz CT molecular complexity index is 223. The van der Waals surface area contributed by atoms with E-state index in [0.29, 0.717) is 6.42 Å². The molecule has 0 saturated carbocycles. The van der Waals surface area contributed by atoms with Gasteiger partial charge in [-0.25, -0.2) is 0 Å². The molecule has 1 fully saturated rings. The normalized spacial score (nSPS) is 27.2. The lowest BCUT2D eigenvalue weighted by Gasteiger charge is -2.20. The van der Waals surface area contributed by atoms with Crippen molar-refractivity contribution in [3.8, 4) is 0 Å². The number of carboxylic acid groups (broad SMARTS) is 1. The van der Waals surface area contributed by atoms with Crippen molar-refractivity contribution in [1.29, 1.82) is 0 Å². The highest BCUT2D eigenvalue weighted by Crippen LogP contribution is 2.41. The number of thioether (sulfide) groups is 1. The molecule has 0 spiro atoms. The number of hydrogen-bond donors (Lipinski definition) is 1. The van der Waals surface area contributed by atoms with Crippen molar-refractivity contribution < 1.29 is 9.90 Å². The molecule has 1 heterocycles. The molecule has 0 aromatic carbocycles. The van der Waals surface area contributed by atoms with E-state index in [1.165, 1.54) is 5.57 Å². The molecular formula is C10H16O2S. The topological polar surface area (TPSA) is 37.3 Å². The summed E-state index contributed by atoms with van der Waals surface area (Å²) >= 11 is 1.60. The third-order valence-corrected chi connectivity index (χ3v) is 3.92. The maximum absolute atomic E-state index is 11.1. The highest BCUT2D eigenvalue weighted by Gasteiger charge is 2.41. The molecule has 3 heteroatoms. The van der Waals surface area contributed by atoms with Crippen molar-refractivity contribution in [2.45, 2.75) is 37.9 Å². The van der Waals surface area contributed by atoms with Crippen LogP contribution in [0.2, 0.25) is 0 Å². The Morgan fingerprint density at radius 3 is 2.69 bits per heavy atom. The predicted molar refractivity (Wildman–Crippen MR) is 56.1 cm³/mol. The average Bonchev–Trinajstić information content (AvgIpc) is 2.50. The van der Waals surface area contributed by atoms with Gasteiger partial charge in [-0.15, -0.1) is 11.8 Å². The zero-order valence-corrected chi connectivity index (χ0v) is 8.99. The molecule has 1 unspecified atom stereocenters. The molecule has 1 N–H and O–H groups in total. The molecule has 74 valence electrons. The summed E-state index contributed by atoms with van der Waals surface area (Å²) in [6.45, 7) is 4.02. The van der Waals surface area contributed by atoms with E-state index in [-0.39, 0.29) is 0 Å². The van der Waals surface area contributed by atoms with Gasteiger partial charge in [-0.2, -0.15) is 0 Å². The Balaban J connectivity index is 2.68. The van der Waals surface area contributed by atoms with Gasteiger partial charge in [0.1, 0.15) is 4.75 Å². The number of carbonyl (C=O) groups is 1. The molecule has 0 aromatic rings. The van der Waals surface area contributed by atoms with Gasteiger partial charge in [0.2, 0.25) is 0 Å². The summed E-state index contributed by atoms with van der Waals surface area (Å²) in [5, 5.41) is 9.13. The first-order valence-corrected chi connectivity index (χ1v) is 5.56. The van der Waals surface area contributed by atoms with Crippen molar-refractivity contribution >= 4 is 17.7 Å². The Morgan fingerprint density at radius 1 is 1.62 bits per heavy atom. The highest BCUT2D eigenvalue weighted by molar-refractivity contribution is 8.01. The zero-order chi connectivity index (χ0) is 9.90. The molecule has 13 heavy (non-hydrogen) atoms. The lowest BCUT2D eigenvalue weighted by atomic mass is 9.98. The number of aliphatic carboxylic acids is 1. The van der Waals surface area contributed by atoms with E-state index in [9.17, 15) is 4.79 Å². The van der Waals surface area contributed by atoms with E-state index >= 15 is 0 Å². The van der Waals surface area contributed by atoms with Crippen LogP contribution in [0.25, 0.3) is 0 Å². The van der Waals surface area contributed by atoms with E-state index in [1.807, 2.05) is 19.9 Å². The van der Waals surface area contributed by atoms with E-state index in [2.05, 4.69) is 0 Å². The lowest BCUT2D eigenvalue weighted by molar-refractivity contribution is -0.139. The average molecular weight is 200 g/mol. The van der Waals surface area contributed by atoms with Crippen LogP contribution in [0, 0.1) is 0 Å². The number of allylic oxidation sites excluding steroid dienone is 2. The van der Waals surface area contributed by atoms with Gasteiger partial charge in [-0.3, -0.25) is 4.79 Å². The van der Waals surface area contributed by atoms with Crippen LogP contribution in [0.4, 0.5) is 0 Å². The smallest absolute Gasteiger partial charge is 0.320 e. The van der Waals surface area contributed by atoms with E-state index in [1.54, 1.807) is 11.8 Å². The number of hydrogen-bond acceptors (Lipinski definition) is 2. The maximum atomic E-state index is 11.1. The summed E-state index contributed by atoms with van der Waals surface area (Å²) in [7, 11) is 0. The van der Waals surface area contributed by atoms with Crippen molar-refractivity contribution in [3.63, 3.8) is 0 Å². The minimum atomic E-state index is -0.646. The van der Waals surface area contributed by atoms with Crippen LogP contribution in [0.5, 0.6) is 0 Å². The molecule has 1 aliphatic heterocycles. The van der Waals surface area contributed by atoms with E-state index < -0.39 is 10.7 Å². The zero-order valence-electron chi connectivity index (χ0n) is 8.17. The van der Waals surface area contributed by atoms with Crippen molar-refractivity contribution in [2.75, 3.05) is 5.75 Å². The molecule has 1 aliphatic rings. The van der Waals surface area contributed by atoms with Crippen molar-refractivity contribution in [1.82, 2.24) is 0 Å².